The minimum Gasteiger partial charge on any atom is -0.454 e. The maximum atomic E-state index is 13.1. The van der Waals surface area contributed by atoms with Crippen LogP contribution in [-0.4, -0.2) is 31.2 Å². The van der Waals surface area contributed by atoms with Crippen molar-refractivity contribution in [3.63, 3.8) is 0 Å². The molecule has 29 heavy (non-hydrogen) atoms. The fourth-order valence-corrected chi connectivity index (χ4v) is 3.87. The highest BCUT2D eigenvalue weighted by atomic mass is 16.5. The highest BCUT2D eigenvalue weighted by molar-refractivity contribution is 6.05. The Labute approximate surface area is 167 Å². The molecule has 0 saturated heterocycles. The predicted octanol–water partition coefficient (Wildman–Crippen LogP) is 3.45. The van der Waals surface area contributed by atoms with Gasteiger partial charge in [-0.3, -0.25) is 4.98 Å². The van der Waals surface area contributed by atoms with Crippen molar-refractivity contribution in [2.75, 3.05) is 0 Å². The summed E-state index contributed by atoms with van der Waals surface area (Å²) in [4.78, 5) is 17.9. The van der Waals surface area contributed by atoms with Crippen LogP contribution in [0.3, 0.4) is 0 Å². The van der Waals surface area contributed by atoms with Crippen LogP contribution in [0.5, 0.6) is 0 Å². The lowest BCUT2D eigenvalue weighted by Gasteiger charge is -2.19. The molecule has 0 saturated carbocycles. The second-order valence-electron chi connectivity index (χ2n) is 7.05. The number of aromatic nitrogens is 5. The number of fused-ring (bicyclic) bond motifs is 2. The van der Waals surface area contributed by atoms with Gasteiger partial charge in [0.25, 0.3) is 0 Å². The number of hydrogen-bond donors (Lipinski definition) is 0. The summed E-state index contributed by atoms with van der Waals surface area (Å²) in [6.07, 6.45) is 3.89. The van der Waals surface area contributed by atoms with Gasteiger partial charge in [0.1, 0.15) is 0 Å². The molecule has 2 heterocycles. The first-order chi connectivity index (χ1) is 14.3. The SMILES string of the molecule is O=C(OCc1nnnn1-c1ccccc1)c1c2c(nc3ccccc13)CCCC2. The second kappa shape index (κ2) is 7.43. The predicted molar refractivity (Wildman–Crippen MR) is 107 cm³/mol. The quantitative estimate of drug-likeness (QED) is 0.501. The fourth-order valence-electron chi connectivity index (χ4n) is 3.87. The van der Waals surface area contributed by atoms with Gasteiger partial charge in [-0.15, -0.1) is 5.10 Å². The number of aryl methyl sites for hydroxylation is 1. The third-order valence-electron chi connectivity index (χ3n) is 5.24. The van der Waals surface area contributed by atoms with Crippen LogP contribution in [0, 0.1) is 0 Å². The van der Waals surface area contributed by atoms with E-state index in [-0.39, 0.29) is 12.6 Å². The molecular weight excluding hydrogens is 366 g/mol. The number of para-hydroxylation sites is 2. The number of benzene rings is 2. The smallest absolute Gasteiger partial charge is 0.339 e. The Morgan fingerprint density at radius 1 is 1.00 bits per heavy atom. The van der Waals surface area contributed by atoms with Crippen molar-refractivity contribution in [3.8, 4) is 5.69 Å². The molecule has 5 rings (SSSR count). The van der Waals surface area contributed by atoms with E-state index in [0.717, 1.165) is 53.5 Å². The van der Waals surface area contributed by atoms with Crippen molar-refractivity contribution >= 4 is 16.9 Å². The van der Waals surface area contributed by atoms with E-state index < -0.39 is 0 Å². The molecule has 144 valence electrons. The fraction of sp³-hybridized carbons (Fsp3) is 0.227. The van der Waals surface area contributed by atoms with E-state index in [2.05, 4.69) is 15.5 Å². The zero-order valence-corrected chi connectivity index (χ0v) is 15.8. The van der Waals surface area contributed by atoms with Crippen molar-refractivity contribution in [2.24, 2.45) is 0 Å². The molecule has 7 nitrogen and oxygen atoms in total. The Kier molecular flexibility index (Phi) is 4.48. The molecule has 1 aliphatic rings. The molecule has 0 amide bonds. The zero-order valence-electron chi connectivity index (χ0n) is 15.8. The molecular formula is C22H19N5O2. The van der Waals surface area contributed by atoms with Gasteiger partial charge in [-0.2, -0.15) is 4.68 Å². The Balaban J connectivity index is 1.47. The Morgan fingerprint density at radius 3 is 2.69 bits per heavy atom. The number of ether oxygens (including phenoxy) is 1. The van der Waals surface area contributed by atoms with Crippen molar-refractivity contribution in [2.45, 2.75) is 32.3 Å². The normalized spacial score (nSPS) is 13.2. The summed E-state index contributed by atoms with van der Waals surface area (Å²) in [7, 11) is 0. The van der Waals surface area contributed by atoms with Gasteiger partial charge >= 0.3 is 5.97 Å². The standard InChI is InChI=1S/C22H19N5O2/c28-22(29-14-20-24-25-26-27(20)15-8-2-1-3-9-15)21-16-10-4-6-12-18(16)23-19-13-7-5-11-17(19)21/h1-4,6,8-10,12H,5,7,11,13-14H2. The zero-order chi connectivity index (χ0) is 19.6. The van der Waals surface area contributed by atoms with Crippen molar-refractivity contribution in [1.29, 1.82) is 0 Å². The van der Waals surface area contributed by atoms with Gasteiger partial charge in [0.2, 0.25) is 0 Å². The number of rotatable bonds is 4. The second-order valence-corrected chi connectivity index (χ2v) is 7.05. The number of carbonyl (C=O) groups excluding carboxylic acids is 1. The van der Waals surface area contributed by atoms with E-state index in [0.29, 0.717) is 11.4 Å². The van der Waals surface area contributed by atoms with Gasteiger partial charge in [0, 0.05) is 11.1 Å². The average Bonchev–Trinajstić information content (AvgIpc) is 3.25. The van der Waals surface area contributed by atoms with Crippen LogP contribution in [0.25, 0.3) is 16.6 Å². The number of nitrogens with zero attached hydrogens (tertiary/aromatic N) is 5. The summed E-state index contributed by atoms with van der Waals surface area (Å²) in [6.45, 7) is -0.00779. The summed E-state index contributed by atoms with van der Waals surface area (Å²) in [5.41, 5.74) is 4.30. The number of hydrogen-bond acceptors (Lipinski definition) is 6. The molecule has 0 atom stereocenters. The molecule has 2 aromatic carbocycles. The monoisotopic (exact) mass is 385 g/mol. The first kappa shape index (κ1) is 17.5. The summed E-state index contributed by atoms with van der Waals surface area (Å²) < 4.78 is 7.26. The van der Waals surface area contributed by atoms with Gasteiger partial charge in [-0.05, 0) is 59.9 Å². The topological polar surface area (TPSA) is 82.8 Å². The van der Waals surface area contributed by atoms with Crippen LogP contribution < -0.4 is 0 Å². The summed E-state index contributed by atoms with van der Waals surface area (Å²) >= 11 is 0. The Hall–Kier alpha value is -3.61. The molecule has 0 spiro atoms. The largest absolute Gasteiger partial charge is 0.454 e. The highest BCUT2D eigenvalue weighted by Gasteiger charge is 2.24. The molecule has 0 radical (unpaired) electrons. The van der Waals surface area contributed by atoms with Gasteiger partial charge in [0.05, 0.1) is 16.8 Å². The molecule has 0 N–H and O–H groups in total. The molecule has 0 fully saturated rings. The third-order valence-corrected chi connectivity index (χ3v) is 5.24. The van der Waals surface area contributed by atoms with Gasteiger partial charge in [0.15, 0.2) is 12.4 Å². The maximum Gasteiger partial charge on any atom is 0.339 e. The molecule has 0 unspecified atom stereocenters. The first-order valence-corrected chi connectivity index (χ1v) is 9.71. The van der Waals surface area contributed by atoms with Crippen LogP contribution >= 0.6 is 0 Å². The van der Waals surface area contributed by atoms with E-state index >= 15 is 0 Å². The third kappa shape index (κ3) is 3.24. The minimum absolute atomic E-state index is 0.00779. The molecule has 4 aromatic rings. The lowest BCUT2D eigenvalue weighted by Crippen LogP contribution is -2.16. The van der Waals surface area contributed by atoms with Gasteiger partial charge in [-0.25, -0.2) is 4.79 Å². The molecule has 2 aromatic heterocycles. The summed E-state index contributed by atoms with van der Waals surface area (Å²) in [5, 5.41) is 12.6. The van der Waals surface area contributed by atoms with Crippen molar-refractivity contribution in [1.82, 2.24) is 25.2 Å². The Bertz CT molecular complexity index is 1190. The number of esters is 1. The van der Waals surface area contributed by atoms with Crippen LogP contribution in [0.2, 0.25) is 0 Å². The number of carbonyl (C=O) groups is 1. The van der Waals surface area contributed by atoms with Crippen LogP contribution in [-0.2, 0) is 24.2 Å². The molecule has 0 bridgehead atoms. The van der Waals surface area contributed by atoms with Crippen LogP contribution in [0.4, 0.5) is 0 Å². The lowest BCUT2D eigenvalue weighted by atomic mass is 9.90. The van der Waals surface area contributed by atoms with Crippen molar-refractivity contribution in [3.05, 3.63) is 77.2 Å². The lowest BCUT2D eigenvalue weighted by molar-refractivity contribution is 0.0460. The summed E-state index contributed by atoms with van der Waals surface area (Å²) in [6, 6.07) is 17.3. The molecule has 0 aliphatic heterocycles. The van der Waals surface area contributed by atoms with E-state index in [1.54, 1.807) is 4.68 Å². The average molecular weight is 385 g/mol. The minimum atomic E-state index is -0.357. The summed E-state index contributed by atoms with van der Waals surface area (Å²) in [5.74, 6) is 0.112. The Morgan fingerprint density at radius 2 is 1.79 bits per heavy atom. The molecule has 7 heteroatoms. The van der Waals surface area contributed by atoms with Gasteiger partial charge in [-0.1, -0.05) is 36.4 Å². The van der Waals surface area contributed by atoms with E-state index in [1.807, 2.05) is 54.6 Å². The van der Waals surface area contributed by atoms with E-state index in [4.69, 9.17) is 9.72 Å². The number of pyridine rings is 1. The van der Waals surface area contributed by atoms with E-state index in [9.17, 15) is 4.79 Å². The van der Waals surface area contributed by atoms with Crippen LogP contribution in [0.1, 0.15) is 40.3 Å². The van der Waals surface area contributed by atoms with Crippen LogP contribution in [0.15, 0.2) is 54.6 Å². The number of tetrazole rings is 1. The highest BCUT2D eigenvalue weighted by Crippen LogP contribution is 2.30. The van der Waals surface area contributed by atoms with E-state index in [1.165, 1.54) is 0 Å². The van der Waals surface area contributed by atoms with Crippen molar-refractivity contribution < 1.29 is 9.53 Å². The van der Waals surface area contributed by atoms with Gasteiger partial charge < -0.3 is 4.74 Å². The first-order valence-electron chi connectivity index (χ1n) is 9.71. The molecule has 1 aliphatic carbocycles. The maximum absolute atomic E-state index is 13.1.